The molecule has 3 nitrogen and oxygen atoms in total. The zero-order chi connectivity index (χ0) is 13.4. The Balaban J connectivity index is 2.31. The molecule has 108 valence electrons. The van der Waals surface area contributed by atoms with Crippen molar-refractivity contribution in [2.45, 2.75) is 51.4 Å². The van der Waals surface area contributed by atoms with Crippen LogP contribution in [0.5, 0.6) is 0 Å². The molecule has 0 heterocycles. The SMILES string of the molecule is CN(CCCCCCl)S(=O)(=O)CC1CCCCC1. The molecule has 0 saturated heterocycles. The molecule has 18 heavy (non-hydrogen) atoms. The van der Waals surface area contributed by atoms with Gasteiger partial charge in [-0.25, -0.2) is 12.7 Å². The third kappa shape index (κ3) is 5.89. The lowest BCUT2D eigenvalue weighted by Gasteiger charge is -2.24. The van der Waals surface area contributed by atoms with Gasteiger partial charge in [0.2, 0.25) is 10.0 Å². The Morgan fingerprint density at radius 2 is 1.78 bits per heavy atom. The van der Waals surface area contributed by atoms with Crippen LogP contribution in [0.2, 0.25) is 0 Å². The highest BCUT2D eigenvalue weighted by Crippen LogP contribution is 2.25. The van der Waals surface area contributed by atoms with E-state index in [0.717, 1.165) is 32.1 Å². The fourth-order valence-corrected chi connectivity index (χ4v) is 4.30. The number of rotatable bonds is 8. The van der Waals surface area contributed by atoms with Crippen LogP contribution in [0.3, 0.4) is 0 Å². The molecule has 1 aliphatic rings. The summed E-state index contributed by atoms with van der Waals surface area (Å²) in [5.41, 5.74) is 0. The van der Waals surface area contributed by atoms with E-state index >= 15 is 0 Å². The lowest BCUT2D eigenvalue weighted by molar-refractivity contribution is 0.374. The van der Waals surface area contributed by atoms with Crippen molar-refractivity contribution in [2.75, 3.05) is 25.2 Å². The van der Waals surface area contributed by atoms with Crippen molar-refractivity contribution >= 4 is 21.6 Å². The highest BCUT2D eigenvalue weighted by Gasteiger charge is 2.24. The van der Waals surface area contributed by atoms with Crippen molar-refractivity contribution < 1.29 is 8.42 Å². The zero-order valence-corrected chi connectivity index (χ0v) is 13.0. The van der Waals surface area contributed by atoms with E-state index in [4.69, 9.17) is 11.6 Å². The summed E-state index contributed by atoms with van der Waals surface area (Å²) in [6.07, 6.45) is 8.71. The van der Waals surface area contributed by atoms with Crippen LogP contribution in [0.25, 0.3) is 0 Å². The Morgan fingerprint density at radius 1 is 1.11 bits per heavy atom. The maximum atomic E-state index is 12.2. The largest absolute Gasteiger partial charge is 0.214 e. The Bertz CT molecular complexity index is 313. The average molecular weight is 296 g/mol. The van der Waals surface area contributed by atoms with Crippen LogP contribution in [0.15, 0.2) is 0 Å². The van der Waals surface area contributed by atoms with Crippen molar-refractivity contribution in [3.05, 3.63) is 0 Å². The van der Waals surface area contributed by atoms with Gasteiger partial charge in [-0.3, -0.25) is 0 Å². The molecule has 0 aromatic rings. The standard InChI is InChI=1S/C13H26ClNO2S/c1-15(11-7-3-6-10-14)18(16,17)12-13-8-4-2-5-9-13/h13H,2-12H2,1H3. The maximum absolute atomic E-state index is 12.2. The van der Waals surface area contributed by atoms with E-state index in [9.17, 15) is 8.42 Å². The van der Waals surface area contributed by atoms with E-state index in [-0.39, 0.29) is 0 Å². The molecule has 0 atom stereocenters. The molecule has 1 aliphatic carbocycles. The van der Waals surface area contributed by atoms with Gasteiger partial charge in [0.1, 0.15) is 0 Å². The van der Waals surface area contributed by atoms with Crippen LogP contribution >= 0.6 is 11.6 Å². The lowest BCUT2D eigenvalue weighted by Crippen LogP contribution is -2.33. The van der Waals surface area contributed by atoms with Gasteiger partial charge in [0.15, 0.2) is 0 Å². The molecular weight excluding hydrogens is 270 g/mol. The summed E-state index contributed by atoms with van der Waals surface area (Å²) in [6, 6.07) is 0. The number of hydrogen-bond donors (Lipinski definition) is 0. The highest BCUT2D eigenvalue weighted by molar-refractivity contribution is 7.89. The first-order valence-electron chi connectivity index (χ1n) is 7.06. The molecule has 0 aromatic carbocycles. The minimum Gasteiger partial charge on any atom is -0.212 e. The third-order valence-electron chi connectivity index (χ3n) is 3.75. The summed E-state index contributed by atoms with van der Waals surface area (Å²) in [7, 11) is -1.34. The van der Waals surface area contributed by atoms with Crippen LogP contribution in [-0.4, -0.2) is 37.9 Å². The van der Waals surface area contributed by atoms with Gasteiger partial charge in [0.05, 0.1) is 5.75 Å². The fraction of sp³-hybridized carbons (Fsp3) is 1.00. The third-order valence-corrected chi connectivity index (χ3v) is 6.04. The second-order valence-corrected chi connectivity index (χ2v) is 7.85. The van der Waals surface area contributed by atoms with Crippen LogP contribution in [0.4, 0.5) is 0 Å². The first-order chi connectivity index (χ1) is 8.56. The predicted molar refractivity (Wildman–Crippen MR) is 77.6 cm³/mol. The minimum absolute atomic E-state index is 0.346. The molecule has 0 aromatic heterocycles. The number of sulfonamides is 1. The first-order valence-corrected chi connectivity index (χ1v) is 9.20. The van der Waals surface area contributed by atoms with E-state index in [1.807, 2.05) is 0 Å². The first kappa shape index (κ1) is 16.3. The molecule has 0 radical (unpaired) electrons. The summed E-state index contributed by atoms with van der Waals surface area (Å²) in [5.74, 6) is 1.39. The van der Waals surface area contributed by atoms with E-state index in [1.165, 1.54) is 23.6 Å². The second-order valence-electron chi connectivity index (χ2n) is 5.35. The molecular formula is C13H26ClNO2S. The van der Waals surface area contributed by atoms with Crippen molar-refractivity contribution in [3.63, 3.8) is 0 Å². The Morgan fingerprint density at radius 3 is 2.39 bits per heavy atom. The molecule has 0 bridgehead atoms. The molecule has 1 saturated carbocycles. The van der Waals surface area contributed by atoms with Crippen molar-refractivity contribution in [2.24, 2.45) is 5.92 Å². The van der Waals surface area contributed by atoms with Gasteiger partial charge in [-0.15, -0.1) is 11.6 Å². The number of hydrogen-bond acceptors (Lipinski definition) is 2. The quantitative estimate of drug-likeness (QED) is 0.509. The normalized spacial score (nSPS) is 18.4. The van der Waals surface area contributed by atoms with E-state index in [0.29, 0.717) is 24.1 Å². The Hall–Kier alpha value is 0.200. The van der Waals surface area contributed by atoms with Gasteiger partial charge in [0, 0.05) is 19.5 Å². The van der Waals surface area contributed by atoms with E-state index < -0.39 is 10.0 Å². The van der Waals surface area contributed by atoms with Crippen molar-refractivity contribution in [3.8, 4) is 0 Å². The van der Waals surface area contributed by atoms with Gasteiger partial charge in [-0.05, 0) is 31.6 Å². The van der Waals surface area contributed by atoms with Crippen LogP contribution in [-0.2, 0) is 10.0 Å². The molecule has 0 N–H and O–H groups in total. The fourth-order valence-electron chi connectivity index (χ4n) is 2.52. The second kappa shape index (κ2) is 8.39. The van der Waals surface area contributed by atoms with Crippen molar-refractivity contribution in [1.29, 1.82) is 0 Å². The van der Waals surface area contributed by atoms with Gasteiger partial charge in [-0.2, -0.15) is 0 Å². The van der Waals surface area contributed by atoms with Crippen LogP contribution in [0, 0.1) is 5.92 Å². The molecule has 0 spiro atoms. The molecule has 1 rings (SSSR count). The topological polar surface area (TPSA) is 37.4 Å². The molecule has 0 amide bonds. The summed E-state index contributed by atoms with van der Waals surface area (Å²) in [6.45, 7) is 0.631. The van der Waals surface area contributed by atoms with Crippen molar-refractivity contribution in [1.82, 2.24) is 4.31 Å². The van der Waals surface area contributed by atoms with E-state index in [2.05, 4.69) is 0 Å². The molecule has 0 aliphatic heterocycles. The summed E-state index contributed by atoms with van der Waals surface area (Å²) in [4.78, 5) is 0. The predicted octanol–water partition coefficient (Wildman–Crippen LogP) is 3.24. The van der Waals surface area contributed by atoms with E-state index in [1.54, 1.807) is 7.05 Å². The van der Waals surface area contributed by atoms with Gasteiger partial charge in [0.25, 0.3) is 0 Å². The molecule has 5 heteroatoms. The number of nitrogens with zero attached hydrogens (tertiary/aromatic N) is 1. The summed E-state index contributed by atoms with van der Waals surface area (Å²) in [5, 5.41) is 0. The summed E-state index contributed by atoms with van der Waals surface area (Å²) >= 11 is 5.60. The Labute approximate surface area is 117 Å². The molecule has 1 fully saturated rings. The zero-order valence-electron chi connectivity index (χ0n) is 11.4. The summed E-state index contributed by atoms with van der Waals surface area (Å²) < 4.78 is 25.9. The highest BCUT2D eigenvalue weighted by atomic mass is 35.5. The minimum atomic E-state index is -3.05. The average Bonchev–Trinajstić information content (AvgIpc) is 2.35. The van der Waals surface area contributed by atoms with Gasteiger partial charge < -0.3 is 0 Å². The monoisotopic (exact) mass is 295 g/mol. The van der Waals surface area contributed by atoms with Crippen LogP contribution in [0.1, 0.15) is 51.4 Å². The number of unbranched alkanes of at least 4 members (excludes halogenated alkanes) is 2. The van der Waals surface area contributed by atoms with Gasteiger partial charge >= 0.3 is 0 Å². The van der Waals surface area contributed by atoms with Crippen LogP contribution < -0.4 is 0 Å². The smallest absolute Gasteiger partial charge is 0.212 e. The number of alkyl halides is 1. The lowest BCUT2D eigenvalue weighted by atomic mass is 9.91. The molecule has 0 unspecified atom stereocenters. The Kier molecular flexibility index (Phi) is 7.57. The number of halogens is 1. The van der Waals surface area contributed by atoms with Gasteiger partial charge in [-0.1, -0.05) is 25.7 Å². The maximum Gasteiger partial charge on any atom is 0.214 e.